The largest absolute Gasteiger partial charge is 0.493 e. The number of hydrogen-bond acceptors (Lipinski definition) is 4. The zero-order valence-electron chi connectivity index (χ0n) is 12.1. The number of ether oxygens (including phenoxy) is 2. The molecule has 1 saturated heterocycles. The zero-order valence-corrected chi connectivity index (χ0v) is 13.0. The second kappa shape index (κ2) is 6.81. The predicted octanol–water partition coefficient (Wildman–Crippen LogP) is 1.70. The van der Waals surface area contributed by atoms with Gasteiger partial charge in [-0.3, -0.25) is 4.79 Å². The fourth-order valence-electron chi connectivity index (χ4n) is 2.78. The molecule has 1 aromatic carbocycles. The van der Waals surface area contributed by atoms with Gasteiger partial charge in [-0.15, -0.1) is 12.4 Å². The van der Waals surface area contributed by atoms with Crippen LogP contribution in [0.3, 0.4) is 0 Å². The number of nitrogens with one attached hydrogen (secondary N) is 1. The maximum absolute atomic E-state index is 13.4. The minimum Gasteiger partial charge on any atom is -0.493 e. The topological polar surface area (TPSA) is 73.6 Å². The fourth-order valence-corrected chi connectivity index (χ4v) is 2.78. The number of halogens is 2. The van der Waals surface area contributed by atoms with E-state index >= 15 is 0 Å². The predicted molar refractivity (Wildman–Crippen MR) is 81.6 cm³/mol. The Hall–Kier alpha value is -1.37. The second-order valence-corrected chi connectivity index (χ2v) is 5.61. The van der Waals surface area contributed by atoms with Crippen LogP contribution in [0.25, 0.3) is 0 Å². The first kappa shape index (κ1) is 17.0. The molecule has 2 aliphatic heterocycles. The van der Waals surface area contributed by atoms with E-state index in [1.54, 1.807) is 6.07 Å². The maximum Gasteiger partial charge on any atom is 0.240 e. The summed E-state index contributed by atoms with van der Waals surface area (Å²) in [7, 11) is 0. The third-order valence-corrected chi connectivity index (χ3v) is 4.15. The van der Waals surface area contributed by atoms with Crippen molar-refractivity contribution in [1.29, 1.82) is 0 Å². The number of nitrogens with two attached hydrogens (primary N) is 1. The zero-order chi connectivity index (χ0) is 14.9. The normalized spacial score (nSPS) is 22.7. The van der Waals surface area contributed by atoms with Crippen LogP contribution in [0.2, 0.25) is 0 Å². The van der Waals surface area contributed by atoms with Crippen molar-refractivity contribution in [2.75, 3.05) is 19.8 Å². The molecule has 0 aromatic heterocycles. The van der Waals surface area contributed by atoms with E-state index in [9.17, 15) is 9.18 Å². The molecule has 2 aliphatic rings. The molecule has 0 radical (unpaired) electrons. The van der Waals surface area contributed by atoms with Crippen molar-refractivity contribution in [1.82, 2.24) is 5.32 Å². The Morgan fingerprint density at radius 2 is 2.05 bits per heavy atom. The number of hydrogen-bond donors (Lipinski definition) is 2. The number of carbonyl (C=O) groups excluding carboxylic acids is 1. The van der Waals surface area contributed by atoms with Crippen molar-refractivity contribution < 1.29 is 18.7 Å². The van der Waals surface area contributed by atoms with Crippen molar-refractivity contribution in [3.05, 3.63) is 29.6 Å². The van der Waals surface area contributed by atoms with Crippen molar-refractivity contribution in [2.24, 2.45) is 5.73 Å². The number of rotatable bonds is 2. The molecule has 1 aromatic rings. The van der Waals surface area contributed by atoms with Crippen molar-refractivity contribution >= 4 is 18.3 Å². The number of fused-ring (bicyclic) bond motifs is 1. The van der Waals surface area contributed by atoms with Gasteiger partial charge in [-0.2, -0.15) is 0 Å². The molecule has 3 N–H and O–H groups in total. The highest BCUT2D eigenvalue weighted by Gasteiger charge is 2.37. The highest BCUT2D eigenvalue weighted by Crippen LogP contribution is 2.33. The van der Waals surface area contributed by atoms with E-state index in [4.69, 9.17) is 15.2 Å². The summed E-state index contributed by atoms with van der Waals surface area (Å²) in [6, 6.07) is 4.09. The van der Waals surface area contributed by atoms with Crippen LogP contribution >= 0.6 is 12.4 Å². The Morgan fingerprint density at radius 3 is 2.77 bits per heavy atom. The average molecular weight is 331 g/mol. The molecule has 5 nitrogen and oxygen atoms in total. The van der Waals surface area contributed by atoms with Crippen LogP contribution in [0.5, 0.6) is 5.75 Å². The first-order chi connectivity index (χ1) is 10.1. The average Bonchev–Trinajstić information content (AvgIpc) is 2.48. The molecule has 7 heteroatoms. The van der Waals surface area contributed by atoms with E-state index < -0.39 is 5.54 Å². The van der Waals surface area contributed by atoms with Gasteiger partial charge in [0, 0.05) is 25.2 Å². The third kappa shape index (κ3) is 3.34. The fraction of sp³-hybridized carbons (Fsp3) is 0.533. The SMILES string of the molecule is Cl.NC1(C(=O)NC2CCOc3ccc(F)cc32)CCOCC1. The second-order valence-electron chi connectivity index (χ2n) is 5.61. The quantitative estimate of drug-likeness (QED) is 0.865. The Kier molecular flexibility index (Phi) is 5.26. The van der Waals surface area contributed by atoms with Crippen LogP contribution in [-0.4, -0.2) is 31.3 Å². The molecule has 1 unspecified atom stereocenters. The monoisotopic (exact) mass is 330 g/mol. The number of benzene rings is 1. The summed E-state index contributed by atoms with van der Waals surface area (Å²) in [4.78, 5) is 12.5. The Bertz CT molecular complexity index is 550. The van der Waals surface area contributed by atoms with Crippen LogP contribution in [0.4, 0.5) is 4.39 Å². The molecule has 2 heterocycles. The van der Waals surface area contributed by atoms with Crippen LogP contribution < -0.4 is 15.8 Å². The molecule has 0 saturated carbocycles. The van der Waals surface area contributed by atoms with E-state index in [1.165, 1.54) is 12.1 Å². The Morgan fingerprint density at radius 1 is 1.32 bits per heavy atom. The molecule has 0 bridgehead atoms. The minimum atomic E-state index is -0.899. The van der Waals surface area contributed by atoms with Gasteiger partial charge in [-0.1, -0.05) is 0 Å². The minimum absolute atomic E-state index is 0. The van der Waals surface area contributed by atoms with Crippen LogP contribution in [0.15, 0.2) is 18.2 Å². The number of amides is 1. The maximum atomic E-state index is 13.4. The van der Waals surface area contributed by atoms with Gasteiger partial charge in [0.2, 0.25) is 5.91 Å². The van der Waals surface area contributed by atoms with Crippen LogP contribution in [-0.2, 0) is 9.53 Å². The molecule has 0 aliphatic carbocycles. The summed E-state index contributed by atoms with van der Waals surface area (Å²) >= 11 is 0. The third-order valence-electron chi connectivity index (χ3n) is 4.15. The van der Waals surface area contributed by atoms with E-state index in [0.29, 0.717) is 50.4 Å². The first-order valence-electron chi connectivity index (χ1n) is 7.18. The summed E-state index contributed by atoms with van der Waals surface area (Å²) < 4.78 is 24.2. The lowest BCUT2D eigenvalue weighted by molar-refractivity contribution is -0.130. The summed E-state index contributed by atoms with van der Waals surface area (Å²) in [5.74, 6) is 0.0749. The lowest BCUT2D eigenvalue weighted by Gasteiger charge is -2.35. The molecule has 1 fully saturated rings. The lowest BCUT2D eigenvalue weighted by atomic mass is 9.89. The van der Waals surface area contributed by atoms with Gasteiger partial charge in [-0.25, -0.2) is 4.39 Å². The van der Waals surface area contributed by atoms with E-state index in [0.717, 1.165) is 0 Å². The van der Waals surface area contributed by atoms with Gasteiger partial charge in [-0.05, 0) is 31.0 Å². The molecule has 1 atom stereocenters. The molecule has 1 amide bonds. The van der Waals surface area contributed by atoms with Crippen LogP contribution in [0.1, 0.15) is 30.9 Å². The molecule has 122 valence electrons. The first-order valence-corrected chi connectivity index (χ1v) is 7.18. The Balaban J connectivity index is 0.00000176. The molecular weight excluding hydrogens is 311 g/mol. The van der Waals surface area contributed by atoms with Gasteiger partial charge >= 0.3 is 0 Å². The standard InChI is InChI=1S/C15H19FN2O3.ClH/c16-10-1-2-13-11(9-10)12(3-6-21-13)18-14(19)15(17)4-7-20-8-5-15;/h1-2,9,12H,3-8,17H2,(H,18,19);1H. The smallest absolute Gasteiger partial charge is 0.240 e. The van der Waals surface area contributed by atoms with Crippen molar-refractivity contribution in [3.8, 4) is 5.75 Å². The molecule has 0 spiro atoms. The molecular formula is C15H20ClFN2O3. The highest BCUT2D eigenvalue weighted by molar-refractivity contribution is 5.86. The van der Waals surface area contributed by atoms with Gasteiger partial charge in [0.1, 0.15) is 11.6 Å². The van der Waals surface area contributed by atoms with Crippen molar-refractivity contribution in [2.45, 2.75) is 30.8 Å². The Labute approximate surface area is 134 Å². The van der Waals surface area contributed by atoms with E-state index in [-0.39, 0.29) is 30.2 Å². The van der Waals surface area contributed by atoms with Gasteiger partial charge in [0.05, 0.1) is 18.2 Å². The van der Waals surface area contributed by atoms with E-state index in [2.05, 4.69) is 5.32 Å². The highest BCUT2D eigenvalue weighted by atomic mass is 35.5. The van der Waals surface area contributed by atoms with Gasteiger partial charge in [0.15, 0.2) is 0 Å². The van der Waals surface area contributed by atoms with Crippen molar-refractivity contribution in [3.63, 3.8) is 0 Å². The summed E-state index contributed by atoms with van der Waals surface area (Å²) in [6.45, 7) is 1.47. The van der Waals surface area contributed by atoms with Crippen LogP contribution in [0, 0.1) is 5.82 Å². The summed E-state index contributed by atoms with van der Waals surface area (Å²) in [5.41, 5.74) is 5.95. The van der Waals surface area contributed by atoms with E-state index in [1.807, 2.05) is 0 Å². The molecule has 22 heavy (non-hydrogen) atoms. The summed E-state index contributed by atoms with van der Waals surface area (Å²) in [5, 5.41) is 2.95. The van der Waals surface area contributed by atoms with Gasteiger partial charge < -0.3 is 20.5 Å². The number of carbonyl (C=O) groups is 1. The lowest BCUT2D eigenvalue weighted by Crippen LogP contribution is -2.57. The summed E-state index contributed by atoms with van der Waals surface area (Å²) in [6.07, 6.45) is 1.60. The van der Waals surface area contributed by atoms with Gasteiger partial charge in [0.25, 0.3) is 0 Å². The molecule has 3 rings (SSSR count).